The molecule has 0 saturated carbocycles. The minimum atomic E-state index is -0.224. The van der Waals surface area contributed by atoms with Crippen LogP contribution in [-0.4, -0.2) is 33.2 Å². The van der Waals surface area contributed by atoms with Gasteiger partial charge in [0.15, 0.2) is 0 Å². The summed E-state index contributed by atoms with van der Waals surface area (Å²) < 4.78 is 0. The SMILES string of the molecule is CCC1SCCSC1C(O)Cc1c(C)cc(C)cc1C. The van der Waals surface area contributed by atoms with Crippen LogP contribution in [0.4, 0.5) is 0 Å². The van der Waals surface area contributed by atoms with Crippen LogP contribution in [0, 0.1) is 20.8 Å². The van der Waals surface area contributed by atoms with E-state index in [0.717, 1.165) is 12.8 Å². The average molecular weight is 311 g/mol. The number of hydrogen-bond acceptors (Lipinski definition) is 3. The average Bonchev–Trinajstić information content (AvgIpc) is 2.42. The second-order valence-corrected chi connectivity index (χ2v) is 8.43. The van der Waals surface area contributed by atoms with Gasteiger partial charge in [0, 0.05) is 22.0 Å². The van der Waals surface area contributed by atoms with Crippen molar-refractivity contribution in [3.05, 3.63) is 34.4 Å². The lowest BCUT2D eigenvalue weighted by molar-refractivity contribution is 0.169. The molecule has 3 heteroatoms. The third kappa shape index (κ3) is 3.75. The lowest BCUT2D eigenvalue weighted by Crippen LogP contribution is -2.37. The monoisotopic (exact) mass is 310 g/mol. The molecule has 20 heavy (non-hydrogen) atoms. The van der Waals surface area contributed by atoms with E-state index < -0.39 is 0 Å². The molecule has 0 radical (unpaired) electrons. The molecule has 3 atom stereocenters. The Morgan fingerprint density at radius 1 is 1.15 bits per heavy atom. The largest absolute Gasteiger partial charge is 0.392 e. The van der Waals surface area contributed by atoms with Crippen molar-refractivity contribution in [1.29, 1.82) is 0 Å². The predicted molar refractivity (Wildman–Crippen MR) is 93.1 cm³/mol. The van der Waals surface area contributed by atoms with Gasteiger partial charge >= 0.3 is 0 Å². The van der Waals surface area contributed by atoms with Gasteiger partial charge in [-0.15, -0.1) is 0 Å². The summed E-state index contributed by atoms with van der Waals surface area (Å²) in [6, 6.07) is 4.46. The van der Waals surface area contributed by atoms with Crippen molar-refractivity contribution < 1.29 is 5.11 Å². The Bertz CT molecular complexity index is 435. The Morgan fingerprint density at radius 3 is 2.35 bits per heavy atom. The topological polar surface area (TPSA) is 20.2 Å². The summed E-state index contributed by atoms with van der Waals surface area (Å²) in [5, 5.41) is 11.7. The van der Waals surface area contributed by atoms with Crippen LogP contribution < -0.4 is 0 Å². The molecule has 0 amide bonds. The highest BCUT2D eigenvalue weighted by Gasteiger charge is 2.31. The third-order valence-electron chi connectivity index (χ3n) is 4.13. The maximum atomic E-state index is 10.7. The molecular weight excluding hydrogens is 284 g/mol. The van der Waals surface area contributed by atoms with Crippen LogP contribution in [0.5, 0.6) is 0 Å². The van der Waals surface area contributed by atoms with Crippen LogP contribution in [-0.2, 0) is 6.42 Å². The molecule has 0 aromatic heterocycles. The number of hydrogen-bond donors (Lipinski definition) is 1. The maximum Gasteiger partial charge on any atom is 0.0709 e. The summed E-state index contributed by atoms with van der Waals surface area (Å²) in [7, 11) is 0. The minimum absolute atomic E-state index is 0.224. The molecule has 0 spiro atoms. The molecule has 0 bridgehead atoms. The normalized spacial score (nSPS) is 24.6. The van der Waals surface area contributed by atoms with Crippen molar-refractivity contribution in [2.45, 2.75) is 57.1 Å². The van der Waals surface area contributed by atoms with Gasteiger partial charge in [0.25, 0.3) is 0 Å². The summed E-state index contributed by atoms with van der Waals surface area (Å²) >= 11 is 4.01. The molecule has 0 aliphatic carbocycles. The fourth-order valence-corrected chi connectivity index (χ4v) is 6.30. The lowest BCUT2D eigenvalue weighted by Gasteiger charge is -2.33. The van der Waals surface area contributed by atoms with Gasteiger partial charge in [-0.2, -0.15) is 23.5 Å². The Kier molecular flexibility index (Phi) is 5.88. The first-order chi connectivity index (χ1) is 9.52. The Labute approximate surface area is 131 Å². The molecule has 112 valence electrons. The van der Waals surface area contributed by atoms with Gasteiger partial charge in [-0.3, -0.25) is 0 Å². The van der Waals surface area contributed by atoms with Crippen LogP contribution in [0.1, 0.15) is 35.6 Å². The molecule has 1 fully saturated rings. The molecule has 1 aliphatic rings. The van der Waals surface area contributed by atoms with Gasteiger partial charge in [0.2, 0.25) is 0 Å². The highest BCUT2D eigenvalue weighted by molar-refractivity contribution is 8.07. The quantitative estimate of drug-likeness (QED) is 0.902. The smallest absolute Gasteiger partial charge is 0.0709 e. The van der Waals surface area contributed by atoms with E-state index in [1.54, 1.807) is 0 Å². The fourth-order valence-electron chi connectivity index (χ4n) is 3.15. The van der Waals surface area contributed by atoms with Gasteiger partial charge in [-0.05, 0) is 50.3 Å². The van der Waals surface area contributed by atoms with Crippen molar-refractivity contribution in [2.24, 2.45) is 0 Å². The van der Waals surface area contributed by atoms with Crippen molar-refractivity contribution in [3.63, 3.8) is 0 Å². The number of aliphatic hydroxyl groups excluding tert-OH is 1. The number of thioether (sulfide) groups is 2. The van der Waals surface area contributed by atoms with Crippen molar-refractivity contribution in [2.75, 3.05) is 11.5 Å². The van der Waals surface area contributed by atoms with Crippen molar-refractivity contribution in [1.82, 2.24) is 0 Å². The Hall–Kier alpha value is -0.120. The highest BCUT2D eigenvalue weighted by atomic mass is 32.2. The summed E-state index contributed by atoms with van der Waals surface area (Å²) in [6.45, 7) is 8.72. The first-order valence-electron chi connectivity index (χ1n) is 7.51. The van der Waals surface area contributed by atoms with E-state index in [1.165, 1.54) is 33.8 Å². The van der Waals surface area contributed by atoms with E-state index in [0.29, 0.717) is 10.5 Å². The zero-order chi connectivity index (χ0) is 14.7. The van der Waals surface area contributed by atoms with Gasteiger partial charge in [-0.1, -0.05) is 24.6 Å². The third-order valence-corrected chi connectivity index (χ3v) is 7.52. The van der Waals surface area contributed by atoms with Gasteiger partial charge < -0.3 is 5.11 Å². The van der Waals surface area contributed by atoms with Crippen molar-refractivity contribution in [3.8, 4) is 0 Å². The molecule has 3 unspecified atom stereocenters. The molecule has 1 aromatic rings. The van der Waals surface area contributed by atoms with Gasteiger partial charge in [-0.25, -0.2) is 0 Å². The number of aryl methyl sites for hydroxylation is 3. The maximum absolute atomic E-state index is 10.7. The zero-order valence-electron chi connectivity index (χ0n) is 13.0. The first-order valence-corrected chi connectivity index (χ1v) is 9.60. The number of benzene rings is 1. The number of aliphatic hydroxyl groups is 1. The molecule has 2 rings (SSSR count). The van der Waals surface area contributed by atoms with Gasteiger partial charge in [0.1, 0.15) is 0 Å². The highest BCUT2D eigenvalue weighted by Crippen LogP contribution is 2.36. The van der Waals surface area contributed by atoms with E-state index in [2.05, 4.69) is 39.8 Å². The summed E-state index contributed by atoms with van der Waals surface area (Å²) in [5.41, 5.74) is 5.30. The number of rotatable bonds is 4. The first kappa shape index (κ1) is 16.3. The second-order valence-electron chi connectivity index (χ2n) is 5.80. The van der Waals surface area contributed by atoms with Crippen LogP contribution in [0.2, 0.25) is 0 Å². The second kappa shape index (κ2) is 7.24. The Balaban J connectivity index is 2.12. The van der Waals surface area contributed by atoms with E-state index in [9.17, 15) is 5.11 Å². The Morgan fingerprint density at radius 2 is 1.75 bits per heavy atom. The molecule has 1 heterocycles. The van der Waals surface area contributed by atoms with Gasteiger partial charge in [0.05, 0.1) is 6.10 Å². The predicted octanol–water partition coefficient (Wildman–Crippen LogP) is 4.14. The molecular formula is C17H26OS2. The van der Waals surface area contributed by atoms with E-state index in [4.69, 9.17) is 0 Å². The van der Waals surface area contributed by atoms with E-state index in [-0.39, 0.29) is 6.10 Å². The summed E-state index contributed by atoms with van der Waals surface area (Å²) in [5.74, 6) is 2.41. The van der Waals surface area contributed by atoms with E-state index in [1.807, 2.05) is 23.5 Å². The molecule has 1 saturated heterocycles. The van der Waals surface area contributed by atoms with Crippen LogP contribution in [0.15, 0.2) is 12.1 Å². The lowest BCUT2D eigenvalue weighted by atomic mass is 9.93. The summed E-state index contributed by atoms with van der Waals surface area (Å²) in [6.07, 6.45) is 1.73. The molecule has 1 aliphatic heterocycles. The standard InChI is InChI=1S/C17H26OS2/c1-5-16-17(20-7-6-19-16)15(18)10-14-12(3)8-11(2)9-13(14)4/h8-9,15-18H,5-7,10H2,1-4H3. The molecule has 1 nitrogen and oxygen atoms in total. The fraction of sp³-hybridized carbons (Fsp3) is 0.647. The zero-order valence-corrected chi connectivity index (χ0v) is 14.6. The minimum Gasteiger partial charge on any atom is -0.392 e. The van der Waals surface area contributed by atoms with E-state index >= 15 is 0 Å². The van der Waals surface area contributed by atoms with Crippen LogP contribution in [0.25, 0.3) is 0 Å². The van der Waals surface area contributed by atoms with Crippen LogP contribution in [0.3, 0.4) is 0 Å². The van der Waals surface area contributed by atoms with Crippen LogP contribution >= 0.6 is 23.5 Å². The molecule has 1 N–H and O–H groups in total. The van der Waals surface area contributed by atoms with Crippen molar-refractivity contribution >= 4 is 23.5 Å². The molecule has 1 aromatic carbocycles. The summed E-state index contributed by atoms with van der Waals surface area (Å²) in [4.78, 5) is 0.